The fraction of sp³-hybridized carbons (Fsp3) is 0.174. The molecule has 0 radical (unpaired) electrons. The molecule has 3 aromatic carbocycles. The van der Waals surface area contributed by atoms with Gasteiger partial charge in [-0.2, -0.15) is 0 Å². The average molecular weight is 494 g/mol. The Hall–Kier alpha value is -3.73. The maximum absolute atomic E-state index is 14.3. The van der Waals surface area contributed by atoms with Crippen LogP contribution in [0.1, 0.15) is 11.1 Å². The molecule has 0 fully saturated rings. The van der Waals surface area contributed by atoms with E-state index in [1.165, 1.54) is 38.5 Å². The lowest BCUT2D eigenvalue weighted by molar-refractivity contribution is -0.116. The predicted molar refractivity (Wildman–Crippen MR) is 119 cm³/mol. The summed E-state index contributed by atoms with van der Waals surface area (Å²) in [6.07, 6.45) is -0.484. The van der Waals surface area contributed by atoms with Crippen LogP contribution < -0.4 is 19.5 Å². The Bertz CT molecular complexity index is 1310. The molecule has 180 valence electrons. The number of carbonyl (C=O) groups excluding carboxylic acids is 1. The molecule has 11 heteroatoms. The van der Waals surface area contributed by atoms with Gasteiger partial charge in [-0.1, -0.05) is 6.07 Å². The van der Waals surface area contributed by atoms with E-state index in [1.54, 1.807) is 0 Å². The molecule has 1 amide bonds. The fourth-order valence-electron chi connectivity index (χ4n) is 3.38. The van der Waals surface area contributed by atoms with E-state index in [4.69, 9.17) is 15.2 Å². The number of methoxy groups -OCH3 is 2. The van der Waals surface area contributed by atoms with Crippen LogP contribution in [0.2, 0.25) is 0 Å². The normalized spacial score (nSPS) is 11.2. The largest absolute Gasteiger partial charge is 0.493 e. The van der Waals surface area contributed by atoms with Crippen molar-refractivity contribution in [3.63, 3.8) is 0 Å². The first kappa shape index (κ1) is 24.9. The maximum Gasteiger partial charge on any atom is 0.264 e. The number of benzene rings is 3. The van der Waals surface area contributed by atoms with E-state index in [0.29, 0.717) is 4.31 Å². The van der Waals surface area contributed by atoms with E-state index in [1.807, 2.05) is 0 Å². The third-order valence-electron chi connectivity index (χ3n) is 4.98. The Kier molecular flexibility index (Phi) is 7.35. The summed E-state index contributed by atoms with van der Waals surface area (Å²) in [5.74, 6) is -3.18. The first-order valence-corrected chi connectivity index (χ1v) is 11.3. The Morgan fingerprint density at radius 2 is 1.59 bits per heavy atom. The lowest BCUT2D eigenvalue weighted by Crippen LogP contribution is -2.39. The summed E-state index contributed by atoms with van der Waals surface area (Å²) in [5.41, 5.74) is 4.67. The van der Waals surface area contributed by atoms with Gasteiger partial charge in [-0.15, -0.1) is 0 Å². The number of hydrogen-bond donors (Lipinski definition) is 1. The lowest BCUT2D eigenvalue weighted by Gasteiger charge is -2.26. The molecule has 0 heterocycles. The molecule has 0 bridgehead atoms. The summed E-state index contributed by atoms with van der Waals surface area (Å²) in [5, 5.41) is 0. The van der Waals surface area contributed by atoms with E-state index in [9.17, 15) is 26.4 Å². The summed E-state index contributed by atoms with van der Waals surface area (Å²) >= 11 is 0. The number of rotatable bonds is 9. The van der Waals surface area contributed by atoms with Crippen LogP contribution in [0.4, 0.5) is 18.9 Å². The van der Waals surface area contributed by atoms with Gasteiger partial charge in [-0.25, -0.2) is 21.6 Å². The smallest absolute Gasteiger partial charge is 0.264 e. The van der Waals surface area contributed by atoms with Gasteiger partial charge in [0.2, 0.25) is 5.91 Å². The second-order valence-corrected chi connectivity index (χ2v) is 9.01. The van der Waals surface area contributed by atoms with Crippen molar-refractivity contribution in [2.75, 3.05) is 25.1 Å². The molecular formula is C23H21F3N2O5S. The number of nitrogens with zero attached hydrogens (tertiary/aromatic N) is 1. The molecule has 34 heavy (non-hydrogen) atoms. The Balaban J connectivity index is 2.18. The van der Waals surface area contributed by atoms with E-state index >= 15 is 0 Å². The fourth-order valence-corrected chi connectivity index (χ4v) is 4.86. The topological polar surface area (TPSA) is 98.9 Å². The third-order valence-corrected chi connectivity index (χ3v) is 6.74. The highest BCUT2D eigenvalue weighted by Gasteiger charge is 2.30. The van der Waals surface area contributed by atoms with Gasteiger partial charge in [0.25, 0.3) is 10.0 Å². The molecule has 0 atom stereocenters. The number of hydrogen-bond acceptors (Lipinski definition) is 5. The van der Waals surface area contributed by atoms with Gasteiger partial charge in [-0.3, -0.25) is 9.10 Å². The van der Waals surface area contributed by atoms with E-state index < -0.39 is 51.9 Å². The molecule has 0 saturated heterocycles. The van der Waals surface area contributed by atoms with Gasteiger partial charge in [0.1, 0.15) is 24.0 Å². The second kappa shape index (κ2) is 10.0. The monoisotopic (exact) mass is 494 g/mol. The lowest BCUT2D eigenvalue weighted by atomic mass is 10.0. The van der Waals surface area contributed by atoms with Crippen molar-refractivity contribution in [2.24, 2.45) is 5.73 Å². The summed E-state index contributed by atoms with van der Waals surface area (Å²) in [6, 6.07) is 10.00. The highest BCUT2D eigenvalue weighted by Crippen LogP contribution is 2.34. The number of anilines is 1. The molecule has 3 aromatic rings. The van der Waals surface area contributed by atoms with Crippen LogP contribution in [-0.2, 0) is 21.2 Å². The van der Waals surface area contributed by atoms with E-state index in [0.717, 1.165) is 30.3 Å². The highest BCUT2D eigenvalue weighted by atomic mass is 32.2. The molecule has 0 aliphatic carbocycles. The van der Waals surface area contributed by atoms with Gasteiger partial charge in [0, 0.05) is 18.1 Å². The van der Waals surface area contributed by atoms with E-state index in [2.05, 4.69) is 0 Å². The summed E-state index contributed by atoms with van der Waals surface area (Å²) in [4.78, 5) is 11.5. The van der Waals surface area contributed by atoms with Crippen molar-refractivity contribution < 1.29 is 35.9 Å². The Morgan fingerprint density at radius 3 is 2.18 bits per heavy atom. The third kappa shape index (κ3) is 5.09. The zero-order chi connectivity index (χ0) is 25.0. The van der Waals surface area contributed by atoms with Crippen LogP contribution in [0, 0.1) is 17.5 Å². The van der Waals surface area contributed by atoms with Crippen LogP contribution in [-0.4, -0.2) is 35.1 Å². The van der Waals surface area contributed by atoms with Crippen molar-refractivity contribution >= 4 is 21.6 Å². The minimum absolute atomic E-state index is 0.0747. The SMILES string of the molecule is COc1ccc(S(=O)(=O)N(CC(N)=O)c2ccc(F)cc2Cc2c(F)cccc2F)cc1OC. The Morgan fingerprint density at radius 1 is 0.941 bits per heavy atom. The van der Waals surface area contributed by atoms with E-state index in [-0.39, 0.29) is 27.6 Å². The zero-order valence-corrected chi connectivity index (χ0v) is 19.0. The molecular weight excluding hydrogens is 473 g/mol. The number of carbonyl (C=O) groups is 1. The van der Waals surface area contributed by atoms with Crippen molar-refractivity contribution in [1.82, 2.24) is 0 Å². The summed E-state index contributed by atoms with van der Waals surface area (Å²) < 4.78 is 80.6. The average Bonchev–Trinajstić information content (AvgIpc) is 2.79. The zero-order valence-electron chi connectivity index (χ0n) is 18.2. The molecule has 0 unspecified atom stereocenters. The number of sulfonamides is 1. The molecule has 0 spiro atoms. The molecule has 2 N–H and O–H groups in total. The van der Waals surface area contributed by atoms with Crippen LogP contribution in [0.25, 0.3) is 0 Å². The highest BCUT2D eigenvalue weighted by molar-refractivity contribution is 7.92. The van der Waals surface area contributed by atoms with Gasteiger partial charge in [0.15, 0.2) is 11.5 Å². The van der Waals surface area contributed by atoms with Crippen LogP contribution in [0.15, 0.2) is 59.5 Å². The minimum Gasteiger partial charge on any atom is -0.493 e. The second-order valence-electron chi connectivity index (χ2n) is 7.14. The van der Waals surface area contributed by atoms with Gasteiger partial charge in [0.05, 0.1) is 24.8 Å². The molecule has 0 aliphatic rings. The first-order chi connectivity index (χ1) is 16.1. The van der Waals surface area contributed by atoms with Gasteiger partial charge in [-0.05, 0) is 48.0 Å². The maximum atomic E-state index is 14.3. The van der Waals surface area contributed by atoms with Gasteiger partial charge < -0.3 is 15.2 Å². The van der Waals surface area contributed by atoms with Crippen molar-refractivity contribution in [3.8, 4) is 11.5 Å². The number of nitrogens with two attached hydrogens (primary N) is 1. The molecule has 0 aromatic heterocycles. The molecule has 0 aliphatic heterocycles. The quantitative estimate of drug-likeness (QED) is 0.492. The number of ether oxygens (including phenoxy) is 2. The van der Waals surface area contributed by atoms with Crippen molar-refractivity contribution in [3.05, 3.63) is 83.2 Å². The molecule has 3 rings (SSSR count). The van der Waals surface area contributed by atoms with Crippen LogP contribution >= 0.6 is 0 Å². The Labute approximate surface area is 194 Å². The first-order valence-electron chi connectivity index (χ1n) is 9.83. The standard InChI is InChI=1S/C23H21F3N2O5S/c1-32-21-9-7-16(12-22(21)33-2)34(30,31)28(13-23(27)29)20-8-6-15(24)10-14(20)11-17-18(25)4-3-5-19(17)26/h3-10,12H,11,13H2,1-2H3,(H2,27,29). The number of amides is 1. The number of halogens is 3. The minimum atomic E-state index is -4.47. The predicted octanol–water partition coefficient (Wildman–Crippen LogP) is 3.39. The van der Waals surface area contributed by atoms with Gasteiger partial charge >= 0.3 is 0 Å². The summed E-state index contributed by atoms with van der Waals surface area (Å²) in [6.45, 7) is -0.810. The number of primary amides is 1. The van der Waals surface area contributed by atoms with Crippen molar-refractivity contribution in [2.45, 2.75) is 11.3 Å². The van der Waals surface area contributed by atoms with Crippen LogP contribution in [0.3, 0.4) is 0 Å². The molecule has 7 nitrogen and oxygen atoms in total. The van der Waals surface area contributed by atoms with Crippen molar-refractivity contribution in [1.29, 1.82) is 0 Å². The molecule has 0 saturated carbocycles. The van der Waals surface area contributed by atoms with Crippen LogP contribution in [0.5, 0.6) is 11.5 Å². The summed E-state index contributed by atoms with van der Waals surface area (Å²) in [7, 11) is -1.78.